The fraction of sp³-hybridized carbons (Fsp3) is 0.692. The predicted octanol–water partition coefficient (Wildman–Crippen LogP) is 1.26. The Balaban J connectivity index is 2.35. The summed E-state index contributed by atoms with van der Waals surface area (Å²) in [5, 5.41) is 9.18. The summed E-state index contributed by atoms with van der Waals surface area (Å²) in [6.45, 7) is 5.85. The largest absolute Gasteiger partial charge is 0.391 e. The zero-order valence-corrected chi connectivity index (χ0v) is 13.8. The first-order valence-corrected chi connectivity index (χ1v) is 9.02. The van der Waals surface area contributed by atoms with E-state index in [9.17, 15) is 13.5 Å². The molecule has 7 heteroatoms. The van der Waals surface area contributed by atoms with Crippen molar-refractivity contribution in [2.45, 2.75) is 37.8 Å². The van der Waals surface area contributed by atoms with Gasteiger partial charge in [-0.1, -0.05) is 0 Å². The van der Waals surface area contributed by atoms with Crippen molar-refractivity contribution < 1.29 is 13.5 Å². The Morgan fingerprint density at radius 1 is 1.45 bits per heavy atom. The van der Waals surface area contributed by atoms with Gasteiger partial charge in [0.05, 0.1) is 11.5 Å². The van der Waals surface area contributed by atoms with Gasteiger partial charge in [0.1, 0.15) is 0 Å². The molecule has 1 aromatic rings. The summed E-state index contributed by atoms with van der Waals surface area (Å²) >= 11 is 1.35. The molecule has 2 heterocycles. The molecule has 1 fully saturated rings. The first-order chi connectivity index (χ1) is 9.36. The van der Waals surface area contributed by atoms with Gasteiger partial charge >= 0.3 is 0 Å². The molecule has 1 N–H and O–H groups in total. The van der Waals surface area contributed by atoms with Crippen molar-refractivity contribution in [1.29, 1.82) is 0 Å². The molecule has 0 amide bonds. The monoisotopic (exact) mass is 318 g/mol. The summed E-state index contributed by atoms with van der Waals surface area (Å²) in [5.41, 5.74) is 0. The third kappa shape index (κ3) is 3.07. The van der Waals surface area contributed by atoms with Crippen molar-refractivity contribution in [3.8, 4) is 0 Å². The zero-order chi connectivity index (χ0) is 14.9. The van der Waals surface area contributed by atoms with Gasteiger partial charge in [-0.15, -0.1) is 11.3 Å². The fourth-order valence-electron chi connectivity index (χ4n) is 2.69. The molecule has 1 aliphatic heterocycles. The predicted molar refractivity (Wildman–Crippen MR) is 80.4 cm³/mol. The van der Waals surface area contributed by atoms with Gasteiger partial charge < -0.3 is 10.0 Å². The third-order valence-corrected chi connectivity index (χ3v) is 6.96. The van der Waals surface area contributed by atoms with Crippen molar-refractivity contribution in [3.05, 3.63) is 15.8 Å². The van der Waals surface area contributed by atoms with Gasteiger partial charge in [-0.05, 0) is 39.9 Å². The van der Waals surface area contributed by atoms with Gasteiger partial charge in [0.25, 0.3) is 0 Å². The maximum atomic E-state index is 12.8. The number of rotatable bonds is 3. The standard InChI is InChI=1S/C13H22N2O3S2/c1-10-8-14(3)5-4-6-15(10)20(17,18)13-7-12(9-16)19-11(13)2/h7,10,16H,4-6,8-9H2,1-3H3. The number of nitrogens with zero attached hydrogens (tertiary/aromatic N) is 2. The van der Waals surface area contributed by atoms with Crippen LogP contribution in [0.1, 0.15) is 23.1 Å². The number of likely N-dealkylation sites (N-methyl/N-ethyl adjacent to an activating group) is 1. The van der Waals surface area contributed by atoms with E-state index < -0.39 is 10.0 Å². The number of sulfonamides is 1. The summed E-state index contributed by atoms with van der Waals surface area (Å²) in [7, 11) is -1.45. The molecule has 1 unspecified atom stereocenters. The van der Waals surface area contributed by atoms with Crippen molar-refractivity contribution in [3.63, 3.8) is 0 Å². The molecular weight excluding hydrogens is 296 g/mol. The Morgan fingerprint density at radius 2 is 2.15 bits per heavy atom. The molecule has 114 valence electrons. The van der Waals surface area contributed by atoms with E-state index in [4.69, 9.17) is 0 Å². The smallest absolute Gasteiger partial charge is 0.244 e. The molecule has 0 aliphatic carbocycles. The lowest BCUT2D eigenvalue weighted by Crippen LogP contribution is -2.41. The molecule has 20 heavy (non-hydrogen) atoms. The van der Waals surface area contributed by atoms with Crippen LogP contribution in [0.25, 0.3) is 0 Å². The van der Waals surface area contributed by atoms with Crippen LogP contribution >= 0.6 is 11.3 Å². The van der Waals surface area contributed by atoms with Gasteiger partial charge in [-0.25, -0.2) is 8.42 Å². The molecule has 5 nitrogen and oxygen atoms in total. The minimum absolute atomic E-state index is 0.0376. The van der Waals surface area contributed by atoms with Gasteiger partial charge in [0.15, 0.2) is 0 Å². The van der Waals surface area contributed by atoms with Gasteiger partial charge in [-0.2, -0.15) is 4.31 Å². The Labute approximate surface area is 124 Å². The zero-order valence-electron chi connectivity index (χ0n) is 12.2. The lowest BCUT2D eigenvalue weighted by atomic mass is 10.3. The lowest BCUT2D eigenvalue weighted by molar-refractivity contribution is 0.285. The highest BCUT2D eigenvalue weighted by Crippen LogP contribution is 2.30. The first kappa shape index (κ1) is 15.9. The van der Waals surface area contributed by atoms with Crippen LogP contribution in [0.4, 0.5) is 0 Å². The highest BCUT2D eigenvalue weighted by Gasteiger charge is 2.33. The second-order valence-electron chi connectivity index (χ2n) is 5.37. The van der Waals surface area contributed by atoms with Gasteiger partial charge in [0, 0.05) is 28.9 Å². The quantitative estimate of drug-likeness (QED) is 0.911. The minimum Gasteiger partial charge on any atom is -0.391 e. The molecule has 0 spiro atoms. The van der Waals surface area contributed by atoms with Crippen LogP contribution in [0.3, 0.4) is 0 Å². The number of aliphatic hydroxyl groups is 1. The van der Waals surface area contributed by atoms with E-state index >= 15 is 0 Å². The Hall–Kier alpha value is -0.470. The summed E-state index contributed by atoms with van der Waals surface area (Å²) < 4.78 is 27.3. The topological polar surface area (TPSA) is 60.9 Å². The second-order valence-corrected chi connectivity index (χ2v) is 8.57. The van der Waals surface area contributed by atoms with Crippen LogP contribution < -0.4 is 0 Å². The Morgan fingerprint density at radius 3 is 2.75 bits per heavy atom. The molecule has 1 aliphatic rings. The van der Waals surface area contributed by atoms with E-state index in [2.05, 4.69) is 4.90 Å². The molecule has 0 aromatic carbocycles. The molecule has 2 rings (SSSR count). The number of thiophene rings is 1. The SMILES string of the molecule is Cc1sc(CO)cc1S(=O)(=O)N1CCCN(C)CC1C. The maximum Gasteiger partial charge on any atom is 0.244 e. The van der Waals surface area contributed by atoms with E-state index in [1.165, 1.54) is 11.3 Å². The van der Waals surface area contributed by atoms with E-state index in [0.717, 1.165) is 24.4 Å². The molecule has 0 saturated carbocycles. The Bertz CT molecular complexity index is 568. The highest BCUT2D eigenvalue weighted by atomic mass is 32.2. The van der Waals surface area contributed by atoms with Crippen LogP contribution in [-0.4, -0.2) is 55.5 Å². The van der Waals surface area contributed by atoms with Crippen molar-refractivity contribution in [2.75, 3.05) is 26.7 Å². The Kier molecular flexibility index (Phi) is 4.86. The summed E-state index contributed by atoms with van der Waals surface area (Å²) in [5.74, 6) is 0. The van der Waals surface area contributed by atoms with Crippen LogP contribution in [0.15, 0.2) is 11.0 Å². The molecular formula is C13H22N2O3S2. The maximum absolute atomic E-state index is 12.8. The van der Waals surface area contributed by atoms with E-state index in [1.807, 2.05) is 14.0 Å². The average Bonchev–Trinajstić information content (AvgIpc) is 2.67. The minimum atomic E-state index is -3.47. The van der Waals surface area contributed by atoms with E-state index in [0.29, 0.717) is 16.3 Å². The summed E-state index contributed by atoms with van der Waals surface area (Å²) in [6.07, 6.45) is 0.843. The fourth-order valence-corrected chi connectivity index (χ4v) is 5.82. The first-order valence-electron chi connectivity index (χ1n) is 6.77. The van der Waals surface area contributed by atoms with Crippen molar-refractivity contribution in [1.82, 2.24) is 9.21 Å². The molecule has 0 radical (unpaired) electrons. The van der Waals surface area contributed by atoms with Crippen LogP contribution in [0.2, 0.25) is 0 Å². The van der Waals surface area contributed by atoms with Crippen molar-refractivity contribution in [2.24, 2.45) is 0 Å². The van der Waals surface area contributed by atoms with E-state index in [-0.39, 0.29) is 12.6 Å². The lowest BCUT2D eigenvalue weighted by Gasteiger charge is -2.27. The molecule has 0 bridgehead atoms. The van der Waals surface area contributed by atoms with Crippen LogP contribution in [-0.2, 0) is 16.6 Å². The average molecular weight is 318 g/mol. The summed E-state index contributed by atoms with van der Waals surface area (Å²) in [4.78, 5) is 3.96. The molecule has 1 aromatic heterocycles. The van der Waals surface area contributed by atoms with Crippen LogP contribution in [0, 0.1) is 6.92 Å². The second kappa shape index (κ2) is 6.11. The third-order valence-electron chi connectivity index (χ3n) is 3.65. The number of aliphatic hydroxyl groups excluding tert-OH is 1. The number of hydrogen-bond acceptors (Lipinski definition) is 5. The van der Waals surface area contributed by atoms with Gasteiger partial charge in [-0.3, -0.25) is 0 Å². The van der Waals surface area contributed by atoms with Gasteiger partial charge in [0.2, 0.25) is 10.0 Å². The molecule has 1 saturated heterocycles. The molecule has 1 atom stereocenters. The normalized spacial score (nSPS) is 22.9. The summed E-state index contributed by atoms with van der Waals surface area (Å²) in [6, 6.07) is 1.57. The van der Waals surface area contributed by atoms with Crippen LogP contribution in [0.5, 0.6) is 0 Å². The number of aryl methyl sites for hydroxylation is 1. The number of hydrogen-bond donors (Lipinski definition) is 1. The van der Waals surface area contributed by atoms with E-state index in [1.54, 1.807) is 17.3 Å². The van der Waals surface area contributed by atoms with Crippen molar-refractivity contribution >= 4 is 21.4 Å². The highest BCUT2D eigenvalue weighted by molar-refractivity contribution is 7.89.